The Kier molecular flexibility index (Phi) is 10.4. The van der Waals surface area contributed by atoms with Gasteiger partial charge in [-0.1, -0.05) is 49.6 Å². The Morgan fingerprint density at radius 1 is 0.947 bits per heavy atom. The fraction of sp³-hybridized carbons (Fsp3) is 0.379. The molecule has 204 valence electrons. The molecule has 0 unspecified atom stereocenters. The van der Waals surface area contributed by atoms with Crippen LogP contribution in [0.4, 0.5) is 13.2 Å². The van der Waals surface area contributed by atoms with Crippen molar-refractivity contribution in [1.82, 2.24) is 14.4 Å². The molecule has 1 heterocycles. The molecule has 0 aliphatic rings. The third kappa shape index (κ3) is 8.12. The van der Waals surface area contributed by atoms with E-state index in [1.165, 1.54) is 11.0 Å². The van der Waals surface area contributed by atoms with Crippen molar-refractivity contribution in [2.75, 3.05) is 19.6 Å². The second kappa shape index (κ2) is 13.5. The van der Waals surface area contributed by atoms with Crippen molar-refractivity contribution < 1.29 is 22.8 Å². The molecular formula is C29H33ClF3N3O2. The predicted octanol–water partition coefficient (Wildman–Crippen LogP) is 6.89. The molecule has 3 rings (SSSR count). The number of alkyl halides is 3. The fourth-order valence-corrected chi connectivity index (χ4v) is 4.41. The molecule has 0 N–H and O–H groups in total. The molecule has 2 aromatic carbocycles. The normalized spacial score (nSPS) is 11.4. The molecule has 2 amide bonds. The molecular weight excluding hydrogens is 515 g/mol. The minimum Gasteiger partial charge on any atom is -0.345 e. The van der Waals surface area contributed by atoms with Crippen molar-refractivity contribution in [3.63, 3.8) is 0 Å². The average Bonchev–Trinajstić information content (AvgIpc) is 3.32. The highest BCUT2D eigenvalue weighted by atomic mass is 35.5. The Balaban J connectivity index is 1.76. The quantitative estimate of drug-likeness (QED) is 0.232. The highest BCUT2D eigenvalue weighted by Gasteiger charge is 2.30. The number of hydrogen-bond donors (Lipinski definition) is 0. The maximum Gasteiger partial charge on any atom is 0.416 e. The van der Waals surface area contributed by atoms with E-state index < -0.39 is 11.7 Å². The first-order valence-corrected chi connectivity index (χ1v) is 13.1. The molecule has 0 saturated carbocycles. The third-order valence-corrected chi connectivity index (χ3v) is 6.57. The van der Waals surface area contributed by atoms with Crippen molar-refractivity contribution >= 4 is 23.4 Å². The summed E-state index contributed by atoms with van der Waals surface area (Å²) in [5, 5.41) is 0.445. The van der Waals surface area contributed by atoms with Crippen LogP contribution >= 0.6 is 11.6 Å². The van der Waals surface area contributed by atoms with Crippen LogP contribution in [0.1, 0.15) is 60.3 Å². The number of amides is 2. The van der Waals surface area contributed by atoms with Crippen LogP contribution in [-0.2, 0) is 24.1 Å². The summed E-state index contributed by atoms with van der Waals surface area (Å²) in [4.78, 5) is 29.7. The molecule has 0 spiro atoms. The zero-order valence-corrected chi connectivity index (χ0v) is 22.4. The van der Waals surface area contributed by atoms with Crippen molar-refractivity contribution in [3.8, 4) is 0 Å². The summed E-state index contributed by atoms with van der Waals surface area (Å²) in [5.41, 5.74) is 1.05. The Bertz CT molecular complexity index is 1230. The number of halogens is 4. The maximum absolute atomic E-state index is 13.4. The first-order valence-electron chi connectivity index (χ1n) is 12.7. The lowest BCUT2D eigenvalue weighted by Crippen LogP contribution is -2.43. The fourth-order valence-electron chi connectivity index (χ4n) is 4.22. The molecule has 0 saturated heterocycles. The zero-order valence-electron chi connectivity index (χ0n) is 21.7. The monoisotopic (exact) mass is 547 g/mol. The molecule has 0 fully saturated rings. The predicted molar refractivity (Wildman–Crippen MR) is 143 cm³/mol. The van der Waals surface area contributed by atoms with E-state index >= 15 is 0 Å². The van der Waals surface area contributed by atoms with Crippen LogP contribution in [-0.4, -0.2) is 45.8 Å². The molecule has 0 bridgehead atoms. The number of nitrogens with zero attached hydrogens (tertiary/aromatic N) is 3. The third-order valence-electron chi connectivity index (χ3n) is 6.33. The summed E-state index contributed by atoms with van der Waals surface area (Å²) in [7, 11) is 0. The van der Waals surface area contributed by atoms with Crippen molar-refractivity contribution in [2.45, 2.75) is 52.4 Å². The van der Waals surface area contributed by atoms with E-state index in [0.29, 0.717) is 29.2 Å². The van der Waals surface area contributed by atoms with E-state index in [1.54, 1.807) is 41.4 Å². The lowest BCUT2D eigenvalue weighted by molar-refractivity contribution is -0.137. The standard InChI is InChI=1S/C29H33ClF3N3O2/c1-3-5-6-15-36(27(37)21-34(4-2)28(38)23-11-8-13-25(30)18-23)20-26-14-9-16-35(26)19-22-10-7-12-24(17-22)29(31,32)33/h7-14,16-18H,3-6,15,19-21H2,1-2H3. The summed E-state index contributed by atoms with van der Waals surface area (Å²) in [5.74, 6) is -0.463. The summed E-state index contributed by atoms with van der Waals surface area (Å²) >= 11 is 6.04. The Morgan fingerprint density at radius 3 is 2.39 bits per heavy atom. The van der Waals surface area contributed by atoms with Crippen LogP contribution in [0.5, 0.6) is 0 Å². The van der Waals surface area contributed by atoms with Gasteiger partial charge in [-0.2, -0.15) is 13.2 Å². The molecule has 0 aliphatic carbocycles. The van der Waals surface area contributed by atoms with Gasteiger partial charge in [0.05, 0.1) is 12.1 Å². The number of carbonyl (C=O) groups is 2. The van der Waals surface area contributed by atoms with Gasteiger partial charge in [0.15, 0.2) is 0 Å². The summed E-state index contributed by atoms with van der Waals surface area (Å²) in [6.07, 6.45) is 0.137. The van der Waals surface area contributed by atoms with Crippen LogP contribution in [0.15, 0.2) is 66.9 Å². The van der Waals surface area contributed by atoms with Gasteiger partial charge in [-0.3, -0.25) is 9.59 Å². The molecule has 1 aromatic heterocycles. The van der Waals surface area contributed by atoms with Gasteiger partial charge in [-0.25, -0.2) is 0 Å². The minimum absolute atomic E-state index is 0.0810. The average molecular weight is 548 g/mol. The minimum atomic E-state index is -4.41. The van der Waals surface area contributed by atoms with Crippen LogP contribution in [0.3, 0.4) is 0 Å². The molecule has 0 atom stereocenters. The Labute approximate surface area is 226 Å². The SMILES string of the molecule is CCCCCN(Cc1cccn1Cc1cccc(C(F)(F)F)c1)C(=O)CN(CC)C(=O)c1cccc(Cl)c1. The summed E-state index contributed by atoms with van der Waals surface area (Å²) in [6.45, 7) is 5.22. The highest BCUT2D eigenvalue weighted by molar-refractivity contribution is 6.31. The van der Waals surface area contributed by atoms with E-state index in [4.69, 9.17) is 11.6 Å². The van der Waals surface area contributed by atoms with Gasteiger partial charge in [0.1, 0.15) is 6.54 Å². The van der Waals surface area contributed by atoms with Gasteiger partial charge in [0.2, 0.25) is 5.91 Å². The highest BCUT2D eigenvalue weighted by Crippen LogP contribution is 2.29. The van der Waals surface area contributed by atoms with Gasteiger partial charge in [-0.15, -0.1) is 0 Å². The smallest absolute Gasteiger partial charge is 0.345 e. The van der Waals surface area contributed by atoms with Crippen LogP contribution < -0.4 is 0 Å². The number of hydrogen-bond acceptors (Lipinski definition) is 2. The number of benzene rings is 2. The first-order chi connectivity index (χ1) is 18.1. The molecule has 9 heteroatoms. The number of rotatable bonds is 12. The van der Waals surface area contributed by atoms with Crippen LogP contribution in [0.25, 0.3) is 0 Å². The van der Waals surface area contributed by atoms with Gasteiger partial charge in [0, 0.05) is 42.1 Å². The Morgan fingerprint density at radius 2 is 1.71 bits per heavy atom. The van der Waals surface area contributed by atoms with Crippen LogP contribution in [0.2, 0.25) is 5.02 Å². The lowest BCUT2D eigenvalue weighted by Gasteiger charge is -2.28. The largest absolute Gasteiger partial charge is 0.416 e. The van der Waals surface area contributed by atoms with E-state index in [1.807, 2.05) is 23.6 Å². The van der Waals surface area contributed by atoms with E-state index in [9.17, 15) is 22.8 Å². The van der Waals surface area contributed by atoms with Crippen molar-refractivity contribution in [1.29, 1.82) is 0 Å². The summed E-state index contributed by atoms with van der Waals surface area (Å²) in [6, 6.07) is 15.6. The summed E-state index contributed by atoms with van der Waals surface area (Å²) < 4.78 is 41.4. The second-order valence-electron chi connectivity index (χ2n) is 9.18. The van der Waals surface area contributed by atoms with Gasteiger partial charge < -0.3 is 14.4 Å². The van der Waals surface area contributed by atoms with Gasteiger partial charge in [0.25, 0.3) is 5.91 Å². The number of aromatic nitrogens is 1. The van der Waals surface area contributed by atoms with Gasteiger partial charge in [-0.05, 0) is 61.4 Å². The van der Waals surface area contributed by atoms with Crippen molar-refractivity contribution in [2.24, 2.45) is 0 Å². The number of unbranched alkanes of at least 4 members (excludes halogenated alkanes) is 2. The van der Waals surface area contributed by atoms with Crippen molar-refractivity contribution in [3.05, 3.63) is 94.3 Å². The Hall–Kier alpha value is -3.26. The van der Waals surface area contributed by atoms with Gasteiger partial charge >= 0.3 is 6.18 Å². The molecule has 0 radical (unpaired) electrons. The van der Waals surface area contributed by atoms with E-state index in [-0.39, 0.29) is 31.4 Å². The topological polar surface area (TPSA) is 45.6 Å². The first kappa shape index (κ1) is 29.3. The maximum atomic E-state index is 13.4. The number of likely N-dealkylation sites (N-methyl/N-ethyl adjacent to an activating group) is 1. The molecule has 0 aliphatic heterocycles. The van der Waals surface area contributed by atoms with E-state index in [2.05, 4.69) is 6.92 Å². The molecule has 38 heavy (non-hydrogen) atoms. The molecule has 3 aromatic rings. The van der Waals surface area contributed by atoms with Crippen LogP contribution in [0, 0.1) is 0 Å². The number of carbonyl (C=O) groups excluding carboxylic acids is 2. The second-order valence-corrected chi connectivity index (χ2v) is 9.61. The molecule has 5 nitrogen and oxygen atoms in total. The zero-order chi connectivity index (χ0) is 27.7. The lowest BCUT2D eigenvalue weighted by atomic mass is 10.1. The van der Waals surface area contributed by atoms with E-state index in [0.717, 1.165) is 37.1 Å².